The van der Waals surface area contributed by atoms with Gasteiger partial charge in [0.2, 0.25) is 0 Å². The van der Waals surface area contributed by atoms with Crippen LogP contribution in [0, 0.1) is 0 Å². The Bertz CT molecular complexity index is 175. The van der Waals surface area contributed by atoms with Gasteiger partial charge >= 0.3 is 0 Å². The highest BCUT2D eigenvalue weighted by molar-refractivity contribution is 8.29. The molecule has 0 amide bonds. The molecule has 90 valence electrons. The van der Waals surface area contributed by atoms with Crippen LogP contribution in [0.3, 0.4) is 0 Å². The van der Waals surface area contributed by atoms with Crippen LogP contribution in [0.15, 0.2) is 4.99 Å². The lowest BCUT2D eigenvalue weighted by molar-refractivity contribution is 0.749. The highest BCUT2D eigenvalue weighted by atomic mass is 32.4. The third-order valence-corrected chi connectivity index (χ3v) is 6.83. The fourth-order valence-electron chi connectivity index (χ4n) is 1.38. The molecule has 1 atom stereocenters. The maximum atomic E-state index is 4.46. The van der Waals surface area contributed by atoms with Gasteiger partial charge in [-0.15, -0.1) is 0 Å². The molecule has 0 aliphatic heterocycles. The second-order valence-corrected chi connectivity index (χ2v) is 14.4. The summed E-state index contributed by atoms with van der Waals surface area (Å²) in [4.78, 5) is 4.46. The first-order chi connectivity index (χ1) is 6.99. The lowest BCUT2D eigenvalue weighted by Crippen LogP contribution is -2.20. The summed E-state index contributed by atoms with van der Waals surface area (Å²) in [6, 6.07) is 0. The lowest BCUT2D eigenvalue weighted by Gasteiger charge is -2.22. The van der Waals surface area contributed by atoms with Crippen LogP contribution in [0.2, 0.25) is 19.6 Å². The normalized spacial score (nSPS) is 14.7. The SMILES string of the molecule is CCCC=NCCC(CC)S[Si](C)(C)C. The summed E-state index contributed by atoms with van der Waals surface area (Å²) in [7, 11) is -0.952. The van der Waals surface area contributed by atoms with Crippen molar-refractivity contribution in [3.8, 4) is 0 Å². The largest absolute Gasteiger partial charge is 0.297 e. The molecule has 0 fully saturated rings. The molecule has 0 saturated heterocycles. The number of hydrogen-bond acceptors (Lipinski definition) is 2. The fraction of sp³-hybridized carbons (Fsp3) is 0.917. The van der Waals surface area contributed by atoms with Crippen LogP contribution in [0.5, 0.6) is 0 Å². The zero-order valence-corrected chi connectivity index (χ0v) is 12.9. The van der Waals surface area contributed by atoms with E-state index in [1.165, 1.54) is 19.3 Å². The van der Waals surface area contributed by atoms with E-state index in [9.17, 15) is 0 Å². The van der Waals surface area contributed by atoms with Gasteiger partial charge in [0.25, 0.3) is 0 Å². The van der Waals surface area contributed by atoms with E-state index in [0.29, 0.717) is 0 Å². The second-order valence-electron chi connectivity index (χ2n) is 4.93. The summed E-state index contributed by atoms with van der Waals surface area (Å²) in [6.07, 6.45) is 6.98. The Labute approximate surface area is 101 Å². The molecule has 0 radical (unpaired) electrons. The van der Waals surface area contributed by atoms with Crippen molar-refractivity contribution >= 4 is 24.6 Å². The van der Waals surface area contributed by atoms with E-state index in [0.717, 1.165) is 18.2 Å². The van der Waals surface area contributed by atoms with Crippen LogP contribution >= 0.6 is 11.2 Å². The Balaban J connectivity index is 3.71. The monoisotopic (exact) mass is 245 g/mol. The molecular weight excluding hydrogens is 218 g/mol. The smallest absolute Gasteiger partial charge is 0.108 e. The van der Waals surface area contributed by atoms with Gasteiger partial charge in [-0.3, -0.25) is 4.99 Å². The predicted molar refractivity (Wildman–Crippen MR) is 77.9 cm³/mol. The summed E-state index contributed by atoms with van der Waals surface area (Å²) in [5, 5.41) is 0.829. The lowest BCUT2D eigenvalue weighted by atomic mass is 10.2. The van der Waals surface area contributed by atoms with Crippen molar-refractivity contribution in [3.05, 3.63) is 0 Å². The minimum atomic E-state index is -0.952. The van der Waals surface area contributed by atoms with E-state index in [1.807, 2.05) is 0 Å². The van der Waals surface area contributed by atoms with Crippen LogP contribution in [0.1, 0.15) is 39.5 Å². The standard InChI is InChI=1S/C12H27NSSi/c1-6-8-10-13-11-9-12(7-2)14-15(3,4)5/h10,12H,6-9,11H2,1-5H3. The molecular formula is C12H27NSSi. The Morgan fingerprint density at radius 2 is 1.93 bits per heavy atom. The first-order valence-corrected chi connectivity index (χ1v) is 11.3. The third kappa shape index (κ3) is 10.5. The Morgan fingerprint density at radius 1 is 1.27 bits per heavy atom. The van der Waals surface area contributed by atoms with Crippen molar-refractivity contribution in [1.29, 1.82) is 0 Å². The van der Waals surface area contributed by atoms with Crippen molar-refractivity contribution in [3.63, 3.8) is 0 Å². The van der Waals surface area contributed by atoms with Gasteiger partial charge < -0.3 is 0 Å². The summed E-state index contributed by atoms with van der Waals surface area (Å²) >= 11 is 2.23. The fourth-order valence-corrected chi connectivity index (χ4v) is 6.62. The van der Waals surface area contributed by atoms with Gasteiger partial charge in [-0.25, -0.2) is 0 Å². The third-order valence-electron chi connectivity index (χ3n) is 2.10. The van der Waals surface area contributed by atoms with Gasteiger partial charge in [0.1, 0.15) is 7.22 Å². The average molecular weight is 246 g/mol. The molecule has 0 aromatic rings. The highest BCUT2D eigenvalue weighted by Gasteiger charge is 2.19. The van der Waals surface area contributed by atoms with Gasteiger partial charge in [-0.2, -0.15) is 11.2 Å². The number of rotatable bonds is 8. The molecule has 0 aromatic carbocycles. The van der Waals surface area contributed by atoms with Crippen LogP contribution in [-0.4, -0.2) is 25.2 Å². The molecule has 0 N–H and O–H groups in total. The topological polar surface area (TPSA) is 12.4 Å². The van der Waals surface area contributed by atoms with Gasteiger partial charge in [-0.1, -0.05) is 39.9 Å². The van der Waals surface area contributed by atoms with E-state index < -0.39 is 7.22 Å². The Kier molecular flexibility index (Phi) is 8.53. The molecule has 1 unspecified atom stereocenters. The molecule has 0 aliphatic rings. The first-order valence-electron chi connectivity index (χ1n) is 6.15. The molecule has 1 nitrogen and oxygen atoms in total. The predicted octanol–water partition coefficient (Wildman–Crippen LogP) is 4.59. The molecule has 0 aliphatic carbocycles. The van der Waals surface area contributed by atoms with Crippen LogP contribution in [-0.2, 0) is 0 Å². The second kappa shape index (κ2) is 8.40. The summed E-state index contributed by atoms with van der Waals surface area (Å²) < 4.78 is 0. The van der Waals surface area contributed by atoms with E-state index in [2.05, 4.69) is 55.9 Å². The maximum Gasteiger partial charge on any atom is 0.108 e. The van der Waals surface area contributed by atoms with Crippen molar-refractivity contribution in [2.75, 3.05) is 6.54 Å². The van der Waals surface area contributed by atoms with Crippen molar-refractivity contribution in [1.82, 2.24) is 0 Å². The summed E-state index contributed by atoms with van der Waals surface area (Å²) in [5.41, 5.74) is 0. The van der Waals surface area contributed by atoms with E-state index in [1.54, 1.807) is 0 Å². The molecule has 3 heteroatoms. The minimum Gasteiger partial charge on any atom is -0.297 e. The zero-order valence-electron chi connectivity index (χ0n) is 11.0. The van der Waals surface area contributed by atoms with Crippen LogP contribution < -0.4 is 0 Å². The van der Waals surface area contributed by atoms with E-state index >= 15 is 0 Å². The summed E-state index contributed by atoms with van der Waals surface area (Å²) in [5.74, 6) is 0. The molecule has 15 heavy (non-hydrogen) atoms. The summed E-state index contributed by atoms with van der Waals surface area (Å²) in [6.45, 7) is 12.8. The Hall–Kier alpha value is 0.237. The molecule has 0 aromatic heterocycles. The highest BCUT2D eigenvalue weighted by Crippen LogP contribution is 2.28. The number of aliphatic imine (C=N–C) groups is 1. The van der Waals surface area contributed by atoms with Gasteiger partial charge in [0.15, 0.2) is 0 Å². The molecule has 0 saturated carbocycles. The molecule has 0 rings (SSSR count). The van der Waals surface area contributed by atoms with Gasteiger partial charge in [0.05, 0.1) is 0 Å². The van der Waals surface area contributed by atoms with Gasteiger partial charge in [-0.05, 0) is 25.5 Å². The zero-order chi connectivity index (χ0) is 11.7. The molecule has 0 spiro atoms. The van der Waals surface area contributed by atoms with Crippen LogP contribution in [0.25, 0.3) is 0 Å². The first kappa shape index (κ1) is 15.2. The Morgan fingerprint density at radius 3 is 2.40 bits per heavy atom. The van der Waals surface area contributed by atoms with Crippen molar-refractivity contribution in [2.24, 2.45) is 4.99 Å². The molecule has 0 heterocycles. The van der Waals surface area contributed by atoms with E-state index in [4.69, 9.17) is 0 Å². The molecule has 0 bridgehead atoms. The van der Waals surface area contributed by atoms with E-state index in [-0.39, 0.29) is 0 Å². The number of hydrogen-bond donors (Lipinski definition) is 0. The van der Waals surface area contributed by atoms with Gasteiger partial charge in [0, 0.05) is 11.8 Å². The number of nitrogens with zero attached hydrogens (tertiary/aromatic N) is 1. The van der Waals surface area contributed by atoms with Crippen LogP contribution in [0.4, 0.5) is 0 Å². The quantitative estimate of drug-likeness (QED) is 0.450. The van der Waals surface area contributed by atoms with Crippen molar-refractivity contribution < 1.29 is 0 Å². The minimum absolute atomic E-state index is 0.829. The maximum absolute atomic E-state index is 4.46. The average Bonchev–Trinajstić information content (AvgIpc) is 2.14. The van der Waals surface area contributed by atoms with Crippen molar-refractivity contribution in [2.45, 2.75) is 64.4 Å². The number of unbranched alkanes of at least 4 members (excludes halogenated alkanes) is 1.